The Hall–Kier alpha value is -3.55. The number of pyridine rings is 1. The molecule has 0 saturated carbocycles. The molecule has 1 aromatic carbocycles. The summed E-state index contributed by atoms with van der Waals surface area (Å²) in [6.07, 6.45) is 5.10. The zero-order valence-electron chi connectivity index (χ0n) is 20.2. The van der Waals surface area contributed by atoms with E-state index in [1.165, 1.54) is 4.90 Å². The Morgan fingerprint density at radius 1 is 1.11 bits per heavy atom. The number of carbonyl (C=O) groups is 4. The number of amides is 3. The number of esters is 1. The van der Waals surface area contributed by atoms with Crippen molar-refractivity contribution in [1.82, 2.24) is 14.8 Å². The van der Waals surface area contributed by atoms with Gasteiger partial charge in [-0.25, -0.2) is 4.79 Å². The van der Waals surface area contributed by atoms with Crippen LogP contribution in [0.5, 0.6) is 0 Å². The first-order valence-corrected chi connectivity index (χ1v) is 12.1. The molecule has 0 spiro atoms. The van der Waals surface area contributed by atoms with Crippen molar-refractivity contribution < 1.29 is 23.9 Å². The number of hydrogen-bond donors (Lipinski definition) is 0. The maximum absolute atomic E-state index is 14.0. The third-order valence-electron chi connectivity index (χ3n) is 6.99. The van der Waals surface area contributed by atoms with Crippen LogP contribution in [0.3, 0.4) is 0 Å². The fourth-order valence-corrected chi connectivity index (χ4v) is 5.26. The Balaban J connectivity index is 1.68. The van der Waals surface area contributed by atoms with Gasteiger partial charge in [-0.2, -0.15) is 0 Å². The van der Waals surface area contributed by atoms with Crippen LogP contribution in [0.1, 0.15) is 55.7 Å². The Kier molecular flexibility index (Phi) is 7.28. The highest BCUT2D eigenvalue weighted by molar-refractivity contribution is 6.11. The molecule has 8 nitrogen and oxygen atoms in total. The summed E-state index contributed by atoms with van der Waals surface area (Å²) >= 11 is 0. The van der Waals surface area contributed by atoms with E-state index < -0.39 is 17.4 Å². The van der Waals surface area contributed by atoms with Gasteiger partial charge in [0.15, 0.2) is 0 Å². The zero-order valence-corrected chi connectivity index (χ0v) is 20.2. The van der Waals surface area contributed by atoms with Crippen molar-refractivity contribution in [3.8, 4) is 0 Å². The molecule has 4 rings (SSSR count). The van der Waals surface area contributed by atoms with Crippen LogP contribution in [0, 0.1) is 6.92 Å². The van der Waals surface area contributed by atoms with Gasteiger partial charge in [0.1, 0.15) is 6.04 Å². The highest BCUT2D eigenvalue weighted by atomic mass is 16.5. The smallest absolute Gasteiger partial charge is 0.328 e. The fourth-order valence-electron chi connectivity index (χ4n) is 5.26. The van der Waals surface area contributed by atoms with Gasteiger partial charge in [-0.15, -0.1) is 0 Å². The minimum atomic E-state index is -1.32. The van der Waals surface area contributed by atoms with Gasteiger partial charge in [-0.1, -0.05) is 24.3 Å². The lowest BCUT2D eigenvalue weighted by Crippen LogP contribution is -2.51. The van der Waals surface area contributed by atoms with E-state index in [1.54, 1.807) is 36.4 Å². The Morgan fingerprint density at radius 2 is 1.86 bits per heavy atom. The van der Waals surface area contributed by atoms with Crippen molar-refractivity contribution in [3.05, 3.63) is 65.5 Å². The maximum Gasteiger partial charge on any atom is 0.328 e. The number of benzene rings is 1. The number of likely N-dealkylation sites (tertiary alicyclic amines) is 2. The molecule has 184 valence electrons. The highest BCUT2D eigenvalue weighted by Gasteiger charge is 2.55. The fraction of sp³-hybridized carbons (Fsp3) is 0.444. The van der Waals surface area contributed by atoms with Crippen molar-refractivity contribution in [2.45, 2.75) is 64.0 Å². The average molecular weight is 478 g/mol. The SMILES string of the molecule is CCOC(=O)[C@@H]1CCCCN1C(=O)C[C@@]1(c2ccccc2C)CC(=O)N(Cc2ccncc2)C1=O. The molecule has 0 N–H and O–H groups in total. The summed E-state index contributed by atoms with van der Waals surface area (Å²) < 4.78 is 5.22. The Morgan fingerprint density at radius 3 is 2.57 bits per heavy atom. The minimum Gasteiger partial charge on any atom is -0.464 e. The van der Waals surface area contributed by atoms with Crippen molar-refractivity contribution in [1.29, 1.82) is 0 Å². The second-order valence-corrected chi connectivity index (χ2v) is 9.24. The van der Waals surface area contributed by atoms with E-state index in [1.807, 2.05) is 31.2 Å². The standard InChI is InChI=1S/C27H31N3O5/c1-3-35-25(33)22-10-6-7-15-29(22)23(31)16-27(21-9-5-4-8-19(21)2)17-24(32)30(26(27)34)18-20-11-13-28-14-12-20/h4-5,8-9,11-14,22H,3,6-7,10,15-18H2,1-2H3/t22-,27-/m0/s1. The van der Waals surface area contributed by atoms with Crippen molar-refractivity contribution in [3.63, 3.8) is 0 Å². The van der Waals surface area contributed by atoms with Crippen molar-refractivity contribution in [2.24, 2.45) is 0 Å². The van der Waals surface area contributed by atoms with E-state index in [4.69, 9.17) is 4.74 Å². The number of ether oxygens (including phenoxy) is 1. The number of rotatable bonds is 7. The number of aryl methyl sites for hydroxylation is 1. The molecule has 3 amide bonds. The van der Waals surface area contributed by atoms with E-state index in [9.17, 15) is 19.2 Å². The second kappa shape index (κ2) is 10.4. The van der Waals surface area contributed by atoms with E-state index in [-0.39, 0.29) is 43.7 Å². The van der Waals surface area contributed by atoms with Gasteiger partial charge in [0.25, 0.3) is 0 Å². The molecular weight excluding hydrogens is 446 g/mol. The molecule has 2 atom stereocenters. The summed E-state index contributed by atoms with van der Waals surface area (Å²) in [5.74, 6) is -1.42. The number of carbonyl (C=O) groups excluding carboxylic acids is 4. The first-order chi connectivity index (χ1) is 16.9. The first kappa shape index (κ1) is 24.6. The molecule has 0 radical (unpaired) electrons. The average Bonchev–Trinajstić information content (AvgIpc) is 3.09. The Labute approximate surface area is 205 Å². The van der Waals surface area contributed by atoms with Gasteiger partial charge in [0, 0.05) is 31.8 Å². The lowest BCUT2D eigenvalue weighted by molar-refractivity contribution is -0.157. The highest BCUT2D eigenvalue weighted by Crippen LogP contribution is 2.42. The van der Waals surface area contributed by atoms with E-state index in [0.717, 1.165) is 24.0 Å². The number of piperidine rings is 1. The third kappa shape index (κ3) is 4.83. The molecule has 0 aliphatic carbocycles. The topological polar surface area (TPSA) is 96.9 Å². The van der Waals surface area contributed by atoms with E-state index >= 15 is 0 Å². The Bertz CT molecular complexity index is 1120. The molecule has 8 heteroatoms. The molecule has 0 unspecified atom stereocenters. The van der Waals surface area contributed by atoms with Gasteiger partial charge in [0.2, 0.25) is 17.7 Å². The van der Waals surface area contributed by atoms with Crippen molar-refractivity contribution >= 4 is 23.7 Å². The van der Waals surface area contributed by atoms with Gasteiger partial charge in [-0.05, 0) is 61.9 Å². The molecule has 2 aliphatic rings. The summed E-state index contributed by atoms with van der Waals surface area (Å²) in [6.45, 7) is 4.40. The molecule has 2 saturated heterocycles. The molecular formula is C27H31N3O5. The molecule has 0 bridgehead atoms. The quantitative estimate of drug-likeness (QED) is 0.449. The molecule has 2 fully saturated rings. The van der Waals surface area contributed by atoms with Crippen LogP contribution in [0.2, 0.25) is 0 Å². The van der Waals surface area contributed by atoms with Crippen LogP contribution in [-0.2, 0) is 35.9 Å². The summed E-state index contributed by atoms with van der Waals surface area (Å²) in [5, 5.41) is 0. The minimum absolute atomic E-state index is 0.0918. The van der Waals surface area contributed by atoms with Crippen LogP contribution in [0.4, 0.5) is 0 Å². The normalized spacial score (nSPS) is 22.4. The van der Waals surface area contributed by atoms with Crippen molar-refractivity contribution in [2.75, 3.05) is 13.2 Å². The van der Waals surface area contributed by atoms with Gasteiger partial charge in [-0.3, -0.25) is 24.3 Å². The summed E-state index contributed by atoms with van der Waals surface area (Å²) in [7, 11) is 0. The van der Waals surface area contributed by atoms with Gasteiger partial charge in [0.05, 0.1) is 18.6 Å². The van der Waals surface area contributed by atoms with Gasteiger partial charge < -0.3 is 9.64 Å². The van der Waals surface area contributed by atoms with Crippen LogP contribution in [-0.4, -0.2) is 57.7 Å². The monoisotopic (exact) mass is 477 g/mol. The number of aromatic nitrogens is 1. The van der Waals surface area contributed by atoms with Crippen LogP contribution < -0.4 is 0 Å². The third-order valence-corrected chi connectivity index (χ3v) is 6.99. The first-order valence-electron chi connectivity index (χ1n) is 12.1. The second-order valence-electron chi connectivity index (χ2n) is 9.24. The van der Waals surface area contributed by atoms with E-state index in [0.29, 0.717) is 18.5 Å². The number of nitrogens with zero attached hydrogens (tertiary/aromatic N) is 3. The van der Waals surface area contributed by atoms with Crippen LogP contribution in [0.25, 0.3) is 0 Å². The predicted molar refractivity (Wildman–Crippen MR) is 128 cm³/mol. The molecule has 35 heavy (non-hydrogen) atoms. The summed E-state index contributed by atoms with van der Waals surface area (Å²) in [6, 6.07) is 10.3. The number of imide groups is 1. The predicted octanol–water partition coefficient (Wildman–Crippen LogP) is 2.92. The molecule has 2 aliphatic heterocycles. The zero-order chi connectivity index (χ0) is 25.0. The van der Waals surface area contributed by atoms with E-state index in [2.05, 4.69) is 4.98 Å². The van der Waals surface area contributed by atoms with Gasteiger partial charge >= 0.3 is 5.97 Å². The molecule has 1 aromatic heterocycles. The lowest BCUT2D eigenvalue weighted by atomic mass is 9.73. The summed E-state index contributed by atoms with van der Waals surface area (Å²) in [4.78, 5) is 60.2. The molecule has 2 aromatic rings. The van der Waals surface area contributed by atoms with Crippen LogP contribution >= 0.6 is 0 Å². The lowest BCUT2D eigenvalue weighted by Gasteiger charge is -2.37. The largest absolute Gasteiger partial charge is 0.464 e. The summed E-state index contributed by atoms with van der Waals surface area (Å²) in [5.41, 5.74) is 0.983. The van der Waals surface area contributed by atoms with Crippen LogP contribution in [0.15, 0.2) is 48.8 Å². The molecule has 3 heterocycles. The maximum atomic E-state index is 14.0. The number of hydrogen-bond acceptors (Lipinski definition) is 6.